The first kappa shape index (κ1) is 12.1. The molecule has 94 valence electrons. The summed E-state index contributed by atoms with van der Waals surface area (Å²) in [6.07, 6.45) is 1.62. The van der Waals surface area contributed by atoms with Gasteiger partial charge in [-0.15, -0.1) is 0 Å². The third-order valence-corrected chi connectivity index (χ3v) is 2.23. The fraction of sp³-hybridized carbons (Fsp3) is 0.167. The molecule has 6 heteroatoms. The summed E-state index contributed by atoms with van der Waals surface area (Å²) in [7, 11) is 0. The summed E-state index contributed by atoms with van der Waals surface area (Å²) < 4.78 is 5.52. The van der Waals surface area contributed by atoms with Crippen molar-refractivity contribution in [2.75, 3.05) is 17.3 Å². The molecule has 4 N–H and O–H groups in total. The number of hydrazine groups is 1. The highest BCUT2D eigenvalue weighted by Crippen LogP contribution is 2.26. The average molecular weight is 245 g/mol. The summed E-state index contributed by atoms with van der Waals surface area (Å²) in [5, 5.41) is 3.16. The SMILES string of the molecule is CCOc1ccccc1Nc1ccnc(NN)n1. The molecule has 0 atom stereocenters. The molecule has 0 unspecified atom stereocenters. The van der Waals surface area contributed by atoms with Crippen molar-refractivity contribution in [1.29, 1.82) is 0 Å². The van der Waals surface area contributed by atoms with Crippen LogP contribution in [0.15, 0.2) is 36.5 Å². The molecule has 1 aromatic heterocycles. The number of hydrogen-bond donors (Lipinski definition) is 3. The van der Waals surface area contributed by atoms with Crippen LogP contribution in [0.5, 0.6) is 5.75 Å². The van der Waals surface area contributed by atoms with Crippen molar-refractivity contribution in [1.82, 2.24) is 9.97 Å². The van der Waals surface area contributed by atoms with Gasteiger partial charge in [-0.3, -0.25) is 5.43 Å². The first-order valence-electron chi connectivity index (χ1n) is 5.62. The van der Waals surface area contributed by atoms with Gasteiger partial charge in [0, 0.05) is 6.20 Å². The summed E-state index contributed by atoms with van der Waals surface area (Å²) in [6.45, 7) is 2.55. The van der Waals surface area contributed by atoms with E-state index in [2.05, 4.69) is 20.7 Å². The van der Waals surface area contributed by atoms with Gasteiger partial charge in [0.15, 0.2) is 0 Å². The molecule has 18 heavy (non-hydrogen) atoms. The average Bonchev–Trinajstić information content (AvgIpc) is 2.41. The summed E-state index contributed by atoms with van der Waals surface area (Å²) in [6, 6.07) is 9.42. The predicted molar refractivity (Wildman–Crippen MR) is 70.7 cm³/mol. The van der Waals surface area contributed by atoms with Crippen LogP contribution in [0.4, 0.5) is 17.5 Å². The van der Waals surface area contributed by atoms with Crippen molar-refractivity contribution in [3.8, 4) is 5.75 Å². The maximum absolute atomic E-state index is 5.52. The third-order valence-electron chi connectivity index (χ3n) is 2.23. The van der Waals surface area contributed by atoms with E-state index in [1.807, 2.05) is 31.2 Å². The molecule has 0 bridgehead atoms. The largest absolute Gasteiger partial charge is 0.492 e. The molecule has 0 amide bonds. The third kappa shape index (κ3) is 2.86. The van der Waals surface area contributed by atoms with E-state index < -0.39 is 0 Å². The zero-order valence-electron chi connectivity index (χ0n) is 10.1. The van der Waals surface area contributed by atoms with E-state index in [0.29, 0.717) is 18.4 Å². The van der Waals surface area contributed by atoms with Gasteiger partial charge in [-0.2, -0.15) is 4.98 Å². The van der Waals surface area contributed by atoms with E-state index in [1.165, 1.54) is 0 Å². The fourth-order valence-electron chi connectivity index (χ4n) is 1.49. The van der Waals surface area contributed by atoms with Gasteiger partial charge in [0.1, 0.15) is 11.6 Å². The Kier molecular flexibility index (Phi) is 3.93. The molecule has 0 spiro atoms. The number of aromatic nitrogens is 2. The normalized spacial score (nSPS) is 9.89. The fourth-order valence-corrected chi connectivity index (χ4v) is 1.49. The lowest BCUT2D eigenvalue weighted by Gasteiger charge is -2.11. The number of ether oxygens (including phenoxy) is 1. The lowest BCUT2D eigenvalue weighted by Crippen LogP contribution is -2.11. The van der Waals surface area contributed by atoms with E-state index in [-0.39, 0.29) is 0 Å². The van der Waals surface area contributed by atoms with Crippen LogP contribution in [0.3, 0.4) is 0 Å². The number of benzene rings is 1. The molecular formula is C12H15N5O. The monoisotopic (exact) mass is 245 g/mol. The van der Waals surface area contributed by atoms with Gasteiger partial charge >= 0.3 is 0 Å². The van der Waals surface area contributed by atoms with Gasteiger partial charge in [-0.05, 0) is 25.1 Å². The smallest absolute Gasteiger partial charge is 0.239 e. The predicted octanol–water partition coefficient (Wildman–Crippen LogP) is 1.90. The first-order chi connectivity index (χ1) is 8.83. The number of para-hydroxylation sites is 2. The summed E-state index contributed by atoms with van der Waals surface area (Å²) >= 11 is 0. The molecular weight excluding hydrogens is 230 g/mol. The molecule has 1 heterocycles. The molecule has 0 saturated carbocycles. The number of anilines is 3. The van der Waals surface area contributed by atoms with Crippen molar-refractivity contribution in [2.24, 2.45) is 5.84 Å². The van der Waals surface area contributed by atoms with Crippen LogP contribution in [-0.4, -0.2) is 16.6 Å². The van der Waals surface area contributed by atoms with Crippen LogP contribution in [0.1, 0.15) is 6.92 Å². The molecule has 6 nitrogen and oxygen atoms in total. The molecule has 0 aliphatic carbocycles. The zero-order valence-corrected chi connectivity index (χ0v) is 10.1. The number of hydrogen-bond acceptors (Lipinski definition) is 6. The van der Waals surface area contributed by atoms with E-state index in [9.17, 15) is 0 Å². The minimum Gasteiger partial charge on any atom is -0.492 e. The first-order valence-corrected chi connectivity index (χ1v) is 5.62. The van der Waals surface area contributed by atoms with Crippen molar-refractivity contribution in [2.45, 2.75) is 6.92 Å². The Morgan fingerprint density at radius 1 is 1.28 bits per heavy atom. The lowest BCUT2D eigenvalue weighted by atomic mass is 10.3. The molecule has 2 aromatic rings. The molecule has 0 saturated heterocycles. The summed E-state index contributed by atoms with van der Waals surface area (Å²) in [5.74, 6) is 7.04. The van der Waals surface area contributed by atoms with Crippen molar-refractivity contribution in [3.63, 3.8) is 0 Å². The van der Waals surface area contributed by atoms with Gasteiger partial charge in [-0.25, -0.2) is 10.8 Å². The van der Waals surface area contributed by atoms with Crippen LogP contribution in [0.2, 0.25) is 0 Å². The van der Waals surface area contributed by atoms with Gasteiger partial charge in [-0.1, -0.05) is 12.1 Å². The molecule has 0 aliphatic rings. The second-order valence-corrected chi connectivity index (χ2v) is 3.46. The van der Waals surface area contributed by atoms with Crippen LogP contribution in [0.25, 0.3) is 0 Å². The number of nitrogens with two attached hydrogens (primary N) is 1. The topological polar surface area (TPSA) is 85.1 Å². The van der Waals surface area contributed by atoms with E-state index in [1.54, 1.807) is 12.3 Å². The molecule has 1 aromatic carbocycles. The summed E-state index contributed by atoms with van der Waals surface area (Å²) in [4.78, 5) is 8.11. The van der Waals surface area contributed by atoms with Crippen molar-refractivity contribution < 1.29 is 4.74 Å². The molecule has 0 radical (unpaired) electrons. The maximum Gasteiger partial charge on any atom is 0.239 e. The minimum absolute atomic E-state index is 0.355. The molecule has 2 rings (SSSR count). The van der Waals surface area contributed by atoms with Crippen LogP contribution in [-0.2, 0) is 0 Å². The van der Waals surface area contributed by atoms with Crippen LogP contribution in [0, 0.1) is 0 Å². The van der Waals surface area contributed by atoms with Gasteiger partial charge in [0.05, 0.1) is 12.3 Å². The molecule has 0 aliphatic heterocycles. The quantitative estimate of drug-likeness (QED) is 0.551. The minimum atomic E-state index is 0.355. The highest BCUT2D eigenvalue weighted by atomic mass is 16.5. The van der Waals surface area contributed by atoms with Crippen molar-refractivity contribution in [3.05, 3.63) is 36.5 Å². The zero-order chi connectivity index (χ0) is 12.8. The lowest BCUT2D eigenvalue weighted by molar-refractivity contribution is 0.342. The Morgan fingerprint density at radius 2 is 2.11 bits per heavy atom. The Bertz CT molecular complexity index is 517. The van der Waals surface area contributed by atoms with Crippen molar-refractivity contribution >= 4 is 17.5 Å². The standard InChI is InChI=1S/C12H15N5O/c1-2-18-10-6-4-3-5-9(10)15-11-7-8-14-12(16-11)17-13/h3-8H,2,13H2,1H3,(H2,14,15,16,17). The van der Waals surface area contributed by atoms with E-state index in [4.69, 9.17) is 10.6 Å². The van der Waals surface area contributed by atoms with Gasteiger partial charge in [0.2, 0.25) is 5.95 Å². The van der Waals surface area contributed by atoms with Crippen LogP contribution < -0.4 is 21.3 Å². The second kappa shape index (κ2) is 5.83. The highest BCUT2D eigenvalue weighted by Gasteiger charge is 2.04. The van der Waals surface area contributed by atoms with Gasteiger partial charge in [0.25, 0.3) is 0 Å². The summed E-state index contributed by atoms with van der Waals surface area (Å²) in [5.41, 5.74) is 3.25. The number of nitrogen functional groups attached to an aromatic ring is 1. The Balaban J connectivity index is 2.22. The number of nitrogens with one attached hydrogen (secondary N) is 2. The maximum atomic E-state index is 5.52. The Hall–Kier alpha value is -2.34. The number of rotatable bonds is 5. The second-order valence-electron chi connectivity index (χ2n) is 3.46. The highest BCUT2D eigenvalue weighted by molar-refractivity contribution is 5.64. The van der Waals surface area contributed by atoms with Gasteiger partial charge < -0.3 is 10.1 Å². The molecule has 0 fully saturated rings. The van der Waals surface area contributed by atoms with E-state index in [0.717, 1.165) is 11.4 Å². The Labute approximate surface area is 105 Å². The Morgan fingerprint density at radius 3 is 2.89 bits per heavy atom. The van der Waals surface area contributed by atoms with Crippen LogP contribution >= 0.6 is 0 Å². The van der Waals surface area contributed by atoms with E-state index >= 15 is 0 Å². The number of nitrogens with zero attached hydrogens (tertiary/aromatic N) is 2.